The zero-order chi connectivity index (χ0) is 23.1. The molecule has 0 aliphatic carbocycles. The van der Waals surface area contributed by atoms with Gasteiger partial charge in [-0.25, -0.2) is 12.4 Å². The summed E-state index contributed by atoms with van der Waals surface area (Å²) in [6.45, 7) is 0.713. The van der Waals surface area contributed by atoms with Crippen LogP contribution in [0.1, 0.15) is 16.8 Å². The second kappa shape index (κ2) is 8.18. The maximum Gasteiger partial charge on any atom is 0.416 e. The largest absolute Gasteiger partial charge is 0.490 e. The van der Waals surface area contributed by atoms with Crippen LogP contribution in [0.15, 0.2) is 48.5 Å². The molecule has 0 amide bonds. The Balaban J connectivity index is 1.63. The molecule has 170 valence electrons. The number of halogens is 3. The highest BCUT2D eigenvalue weighted by Crippen LogP contribution is 2.34. The number of alkyl halides is 3. The molecule has 32 heavy (non-hydrogen) atoms. The Morgan fingerprint density at radius 1 is 1.16 bits per heavy atom. The van der Waals surface area contributed by atoms with Crippen LogP contribution >= 0.6 is 0 Å². The van der Waals surface area contributed by atoms with E-state index in [1.165, 1.54) is 12.1 Å². The zero-order valence-corrected chi connectivity index (χ0v) is 17.9. The summed E-state index contributed by atoms with van der Waals surface area (Å²) in [5.41, 5.74) is 0.889. The van der Waals surface area contributed by atoms with Crippen molar-refractivity contribution in [2.45, 2.75) is 12.8 Å². The minimum Gasteiger partial charge on any atom is -0.490 e. The predicted molar refractivity (Wildman–Crippen MR) is 116 cm³/mol. The number of hydrogen-bond donors (Lipinski definition) is 1. The summed E-state index contributed by atoms with van der Waals surface area (Å²) in [6.07, 6.45) is -1.42. The van der Waals surface area contributed by atoms with Crippen molar-refractivity contribution < 1.29 is 31.4 Å². The van der Waals surface area contributed by atoms with Crippen molar-refractivity contribution in [3.63, 3.8) is 0 Å². The molecule has 0 spiro atoms. The lowest BCUT2D eigenvalue weighted by Gasteiger charge is -2.27. The maximum absolute atomic E-state index is 13.0. The molecule has 0 unspecified atom stereocenters. The normalized spacial score (nSPS) is 14.7. The van der Waals surface area contributed by atoms with Gasteiger partial charge in [0.25, 0.3) is 0 Å². The first kappa shape index (κ1) is 22.2. The Labute approximate surface area is 183 Å². The van der Waals surface area contributed by atoms with Crippen molar-refractivity contribution in [3.8, 4) is 5.75 Å². The lowest BCUT2D eigenvalue weighted by atomic mass is 10.1. The molecule has 1 aliphatic heterocycles. The molecule has 6 nitrogen and oxygen atoms in total. The summed E-state index contributed by atoms with van der Waals surface area (Å²) in [4.78, 5) is 2.04. The number of likely N-dealkylation sites (N-methyl/N-ethyl adjacent to an activating group) is 1. The van der Waals surface area contributed by atoms with Gasteiger partial charge in [-0.15, -0.1) is 0 Å². The standard InChI is InChI=1S/C22H21F3N2O4S/c1-26-8-9-31-21-7-4-15(11-20(21)26)3-2-10-32(29,30)27-18(14-28)13-16-12-17(22(23,24)25)5-6-19(16)27/h2-7,11-13,28H,8-10,14H2,1H3. The fraction of sp³-hybridized carbons (Fsp3) is 0.273. The smallest absolute Gasteiger partial charge is 0.416 e. The van der Waals surface area contributed by atoms with Gasteiger partial charge in [0.2, 0.25) is 10.0 Å². The molecule has 1 aromatic heterocycles. The van der Waals surface area contributed by atoms with Gasteiger partial charge in [-0.3, -0.25) is 0 Å². The Morgan fingerprint density at radius 3 is 2.66 bits per heavy atom. The van der Waals surface area contributed by atoms with E-state index in [0.717, 1.165) is 45.7 Å². The van der Waals surface area contributed by atoms with Crippen molar-refractivity contribution in [1.82, 2.24) is 3.97 Å². The number of rotatable bonds is 5. The molecular formula is C22H21F3N2O4S. The topological polar surface area (TPSA) is 71.8 Å². The van der Waals surface area contributed by atoms with Crippen molar-refractivity contribution >= 4 is 32.7 Å². The lowest BCUT2D eigenvalue weighted by molar-refractivity contribution is -0.137. The van der Waals surface area contributed by atoms with E-state index in [0.29, 0.717) is 6.61 Å². The van der Waals surface area contributed by atoms with Gasteiger partial charge in [-0.1, -0.05) is 18.2 Å². The molecule has 10 heteroatoms. The van der Waals surface area contributed by atoms with Gasteiger partial charge < -0.3 is 14.7 Å². The third kappa shape index (κ3) is 4.20. The van der Waals surface area contributed by atoms with Crippen LogP contribution in [0.4, 0.5) is 18.9 Å². The summed E-state index contributed by atoms with van der Waals surface area (Å²) in [6, 6.07) is 9.59. The maximum atomic E-state index is 13.0. The minimum absolute atomic E-state index is 0.000258. The van der Waals surface area contributed by atoms with E-state index in [-0.39, 0.29) is 16.6 Å². The highest BCUT2D eigenvalue weighted by Gasteiger charge is 2.31. The second-order valence-corrected chi connectivity index (χ2v) is 9.37. The van der Waals surface area contributed by atoms with E-state index in [4.69, 9.17) is 4.74 Å². The molecule has 4 rings (SSSR count). The van der Waals surface area contributed by atoms with E-state index in [1.54, 1.807) is 6.08 Å². The molecule has 3 aromatic rings. The Bertz CT molecular complexity index is 1300. The van der Waals surface area contributed by atoms with E-state index in [9.17, 15) is 26.7 Å². The molecule has 1 N–H and O–H groups in total. The monoisotopic (exact) mass is 466 g/mol. The van der Waals surface area contributed by atoms with E-state index in [1.807, 2.05) is 30.1 Å². The summed E-state index contributed by atoms with van der Waals surface area (Å²) in [5, 5.41) is 9.70. The summed E-state index contributed by atoms with van der Waals surface area (Å²) >= 11 is 0. The zero-order valence-electron chi connectivity index (χ0n) is 17.1. The van der Waals surface area contributed by atoms with Gasteiger partial charge in [0.15, 0.2) is 0 Å². The molecule has 0 atom stereocenters. The first-order chi connectivity index (χ1) is 15.1. The van der Waals surface area contributed by atoms with E-state index < -0.39 is 34.1 Å². The third-order valence-corrected chi connectivity index (χ3v) is 6.89. The number of aromatic nitrogens is 1. The van der Waals surface area contributed by atoms with Gasteiger partial charge in [-0.2, -0.15) is 13.2 Å². The van der Waals surface area contributed by atoms with Crippen molar-refractivity contribution in [2.75, 3.05) is 30.9 Å². The first-order valence-electron chi connectivity index (χ1n) is 9.80. The van der Waals surface area contributed by atoms with Crippen LogP contribution in [-0.2, 0) is 22.8 Å². The highest BCUT2D eigenvalue weighted by atomic mass is 32.2. The summed E-state index contributed by atoms with van der Waals surface area (Å²) in [7, 11) is -2.04. The summed E-state index contributed by atoms with van der Waals surface area (Å²) in [5.74, 6) is 0.363. The number of benzene rings is 2. The molecule has 2 heterocycles. The van der Waals surface area contributed by atoms with Crippen LogP contribution in [-0.4, -0.2) is 43.4 Å². The van der Waals surface area contributed by atoms with Crippen LogP contribution in [0.25, 0.3) is 17.0 Å². The van der Waals surface area contributed by atoms with Crippen molar-refractivity contribution in [2.24, 2.45) is 0 Å². The fourth-order valence-corrected chi connectivity index (χ4v) is 5.14. The fourth-order valence-electron chi connectivity index (χ4n) is 3.71. The molecule has 1 aliphatic rings. The van der Waals surface area contributed by atoms with E-state index >= 15 is 0 Å². The first-order valence-corrected chi connectivity index (χ1v) is 11.4. The molecule has 0 saturated heterocycles. The second-order valence-electron chi connectivity index (χ2n) is 7.51. The van der Waals surface area contributed by atoms with Crippen molar-refractivity contribution in [3.05, 3.63) is 65.4 Å². The van der Waals surface area contributed by atoms with Crippen LogP contribution in [0.2, 0.25) is 0 Å². The number of aliphatic hydroxyl groups is 1. The Morgan fingerprint density at radius 2 is 1.94 bits per heavy atom. The molecular weight excluding hydrogens is 445 g/mol. The third-order valence-electron chi connectivity index (χ3n) is 5.29. The van der Waals surface area contributed by atoms with Gasteiger partial charge >= 0.3 is 6.18 Å². The Kier molecular flexibility index (Phi) is 5.68. The molecule has 0 fully saturated rings. The predicted octanol–water partition coefficient (Wildman–Crippen LogP) is 3.87. The van der Waals surface area contributed by atoms with Crippen LogP contribution in [0.3, 0.4) is 0 Å². The SMILES string of the molecule is CN1CCOc2ccc(C=CCS(=O)(=O)n3c(CO)cc4cc(C(F)(F)F)ccc43)cc21. The summed E-state index contributed by atoms with van der Waals surface area (Å²) < 4.78 is 71.5. The van der Waals surface area contributed by atoms with Crippen LogP contribution in [0, 0.1) is 0 Å². The highest BCUT2D eigenvalue weighted by molar-refractivity contribution is 7.90. The number of fused-ring (bicyclic) bond motifs is 2. The molecule has 0 saturated carbocycles. The number of anilines is 1. The number of ether oxygens (including phenoxy) is 1. The van der Waals surface area contributed by atoms with E-state index in [2.05, 4.69) is 0 Å². The minimum atomic E-state index is -4.55. The van der Waals surface area contributed by atoms with Crippen LogP contribution < -0.4 is 9.64 Å². The average molecular weight is 466 g/mol. The Hall–Kier alpha value is -2.98. The van der Waals surface area contributed by atoms with Gasteiger partial charge in [0, 0.05) is 12.4 Å². The quantitative estimate of drug-likeness (QED) is 0.618. The average Bonchev–Trinajstić information content (AvgIpc) is 3.12. The molecule has 0 bridgehead atoms. The van der Waals surface area contributed by atoms with Gasteiger partial charge in [-0.05, 0) is 42.0 Å². The number of nitrogens with zero attached hydrogens (tertiary/aromatic N) is 2. The number of aliphatic hydroxyl groups excluding tert-OH is 1. The molecule has 0 radical (unpaired) electrons. The lowest BCUT2D eigenvalue weighted by Crippen LogP contribution is -2.28. The van der Waals surface area contributed by atoms with Gasteiger partial charge in [0.05, 0.1) is 41.4 Å². The van der Waals surface area contributed by atoms with Crippen molar-refractivity contribution in [1.29, 1.82) is 0 Å². The molecule has 2 aromatic carbocycles. The van der Waals surface area contributed by atoms with Gasteiger partial charge in [0.1, 0.15) is 12.4 Å². The number of hydrogen-bond acceptors (Lipinski definition) is 5. The van der Waals surface area contributed by atoms with Crippen LogP contribution in [0.5, 0.6) is 5.75 Å².